The third-order valence-corrected chi connectivity index (χ3v) is 6.19. The predicted octanol–water partition coefficient (Wildman–Crippen LogP) is 5.64. The molecule has 1 heterocycles. The first-order chi connectivity index (χ1) is 18.1. The molecule has 0 bridgehead atoms. The fourth-order valence-electron chi connectivity index (χ4n) is 4.18. The van der Waals surface area contributed by atoms with Crippen molar-refractivity contribution in [2.45, 2.75) is 32.9 Å². The van der Waals surface area contributed by atoms with E-state index in [0.29, 0.717) is 28.6 Å². The first kappa shape index (κ1) is 26.8. The highest BCUT2D eigenvalue weighted by molar-refractivity contribution is 6.51. The minimum Gasteiger partial charge on any atom is -0.508 e. The second kappa shape index (κ2) is 11.0. The van der Waals surface area contributed by atoms with Crippen molar-refractivity contribution in [3.8, 4) is 11.5 Å². The summed E-state index contributed by atoms with van der Waals surface area (Å²) in [4.78, 5) is 40.2. The van der Waals surface area contributed by atoms with Crippen LogP contribution in [-0.4, -0.2) is 40.6 Å². The third-order valence-electron chi connectivity index (χ3n) is 5.88. The van der Waals surface area contributed by atoms with Gasteiger partial charge in [0.15, 0.2) is 0 Å². The van der Waals surface area contributed by atoms with E-state index in [0.717, 1.165) is 0 Å². The summed E-state index contributed by atoms with van der Waals surface area (Å²) < 4.78 is 10.7. The number of ketones is 1. The number of aliphatic hydroxyl groups excluding tert-OH is 1. The fraction of sp³-hybridized carbons (Fsp3) is 0.207. The van der Waals surface area contributed by atoms with Gasteiger partial charge in [0, 0.05) is 11.3 Å². The molecule has 1 aliphatic heterocycles. The van der Waals surface area contributed by atoms with E-state index in [9.17, 15) is 24.6 Å². The number of esters is 1. The SMILES string of the molecule is CCOc1cc(/C(O)=C2/C(=O)C(=O)N(c3ccc(C(=O)OC(C)C)cc3)C2c2ccc(O)cc2)ccc1Cl. The molecule has 0 aromatic heterocycles. The molecule has 2 N–H and O–H groups in total. The van der Waals surface area contributed by atoms with Gasteiger partial charge >= 0.3 is 5.97 Å². The first-order valence-electron chi connectivity index (χ1n) is 12.0. The molecule has 3 aromatic rings. The molecule has 3 aromatic carbocycles. The minimum absolute atomic E-state index is 0.00206. The number of nitrogens with zero attached hydrogens (tertiary/aromatic N) is 1. The molecule has 1 aliphatic rings. The molecule has 1 unspecified atom stereocenters. The Kier molecular flexibility index (Phi) is 7.73. The van der Waals surface area contributed by atoms with Crippen molar-refractivity contribution in [3.63, 3.8) is 0 Å². The van der Waals surface area contributed by atoms with Crippen LogP contribution in [0, 0.1) is 0 Å². The molecule has 38 heavy (non-hydrogen) atoms. The molecule has 0 aliphatic carbocycles. The molecule has 1 amide bonds. The van der Waals surface area contributed by atoms with Crippen molar-refractivity contribution >= 4 is 40.7 Å². The van der Waals surface area contributed by atoms with Crippen molar-refractivity contribution in [2.24, 2.45) is 0 Å². The van der Waals surface area contributed by atoms with Gasteiger partial charge in [0.25, 0.3) is 11.7 Å². The largest absolute Gasteiger partial charge is 0.508 e. The number of aliphatic hydroxyl groups is 1. The second-order valence-electron chi connectivity index (χ2n) is 8.84. The van der Waals surface area contributed by atoms with Gasteiger partial charge in [-0.1, -0.05) is 23.7 Å². The molecule has 1 fully saturated rings. The summed E-state index contributed by atoms with van der Waals surface area (Å²) >= 11 is 6.19. The highest BCUT2D eigenvalue weighted by Gasteiger charge is 2.47. The standard InChI is InChI=1S/C29H26ClNO7/c1-4-37-23-15-19(9-14-22(23)30)26(33)24-25(17-7-12-21(32)13-8-17)31(28(35)27(24)34)20-10-5-18(6-11-20)29(36)38-16(2)3/h5-16,25,32-33H,4H2,1-3H3/b26-24-. The van der Waals surface area contributed by atoms with Crippen LogP contribution in [0.25, 0.3) is 5.76 Å². The van der Waals surface area contributed by atoms with Gasteiger partial charge in [-0.3, -0.25) is 14.5 Å². The second-order valence-corrected chi connectivity index (χ2v) is 9.25. The third kappa shape index (κ3) is 5.21. The van der Waals surface area contributed by atoms with E-state index in [4.69, 9.17) is 21.1 Å². The predicted molar refractivity (Wildman–Crippen MR) is 143 cm³/mol. The number of carbonyl (C=O) groups excluding carboxylic acids is 3. The Morgan fingerprint density at radius 2 is 1.63 bits per heavy atom. The van der Waals surface area contributed by atoms with Crippen LogP contribution in [-0.2, 0) is 14.3 Å². The van der Waals surface area contributed by atoms with Crippen molar-refractivity contribution in [1.29, 1.82) is 0 Å². The van der Waals surface area contributed by atoms with E-state index in [2.05, 4.69) is 0 Å². The highest BCUT2D eigenvalue weighted by Crippen LogP contribution is 2.43. The lowest BCUT2D eigenvalue weighted by Crippen LogP contribution is -2.29. The first-order valence-corrected chi connectivity index (χ1v) is 12.3. The molecule has 0 saturated carbocycles. The number of phenols is 1. The van der Waals surface area contributed by atoms with Gasteiger partial charge in [0.1, 0.15) is 17.3 Å². The van der Waals surface area contributed by atoms with Crippen molar-refractivity contribution in [3.05, 3.63) is 94.0 Å². The molecule has 1 saturated heterocycles. The number of hydrogen-bond donors (Lipinski definition) is 2. The number of rotatable bonds is 7. The number of aromatic hydroxyl groups is 1. The summed E-state index contributed by atoms with van der Waals surface area (Å²) in [5.74, 6) is -2.36. The Balaban J connectivity index is 1.84. The van der Waals surface area contributed by atoms with Gasteiger partial charge in [-0.15, -0.1) is 0 Å². The Labute approximate surface area is 224 Å². The molecule has 8 nitrogen and oxygen atoms in total. The van der Waals surface area contributed by atoms with Gasteiger partial charge < -0.3 is 19.7 Å². The number of Topliss-reactive ketones (excluding diaryl/α,β-unsaturated/α-hetero) is 1. The summed E-state index contributed by atoms with van der Waals surface area (Å²) in [5.41, 5.74) is 1.19. The van der Waals surface area contributed by atoms with E-state index >= 15 is 0 Å². The Bertz CT molecular complexity index is 1410. The number of amides is 1. The Morgan fingerprint density at radius 3 is 2.24 bits per heavy atom. The molecule has 1 atom stereocenters. The van der Waals surface area contributed by atoms with Crippen LogP contribution in [0.15, 0.2) is 72.3 Å². The van der Waals surface area contributed by atoms with Crippen LogP contribution in [0.5, 0.6) is 11.5 Å². The van der Waals surface area contributed by atoms with E-state index in [1.165, 1.54) is 59.5 Å². The lowest BCUT2D eigenvalue weighted by atomic mass is 9.95. The van der Waals surface area contributed by atoms with E-state index in [1.54, 1.807) is 32.9 Å². The molecule has 196 valence electrons. The zero-order valence-corrected chi connectivity index (χ0v) is 21.7. The molecule has 0 radical (unpaired) electrons. The van der Waals surface area contributed by atoms with Gasteiger partial charge in [0.2, 0.25) is 0 Å². The summed E-state index contributed by atoms with van der Waals surface area (Å²) in [6, 6.07) is 15.6. The zero-order chi connectivity index (χ0) is 27.6. The van der Waals surface area contributed by atoms with Gasteiger partial charge in [-0.05, 0) is 80.9 Å². The van der Waals surface area contributed by atoms with Crippen LogP contribution in [0.3, 0.4) is 0 Å². The molecular formula is C29H26ClNO7. The van der Waals surface area contributed by atoms with Crippen molar-refractivity contribution in [2.75, 3.05) is 11.5 Å². The Hall–Kier alpha value is -4.30. The van der Waals surface area contributed by atoms with Crippen LogP contribution >= 0.6 is 11.6 Å². The number of benzene rings is 3. The smallest absolute Gasteiger partial charge is 0.338 e. The van der Waals surface area contributed by atoms with Crippen LogP contribution in [0.2, 0.25) is 5.02 Å². The molecule has 9 heteroatoms. The van der Waals surface area contributed by atoms with Crippen LogP contribution < -0.4 is 9.64 Å². The number of carbonyl (C=O) groups is 3. The molecular weight excluding hydrogens is 510 g/mol. The normalized spacial score (nSPS) is 16.7. The van der Waals surface area contributed by atoms with E-state index in [-0.39, 0.29) is 28.6 Å². The maximum Gasteiger partial charge on any atom is 0.338 e. The number of hydrogen-bond acceptors (Lipinski definition) is 7. The van der Waals surface area contributed by atoms with Crippen molar-refractivity contribution in [1.82, 2.24) is 0 Å². The number of anilines is 1. The minimum atomic E-state index is -1.02. The lowest BCUT2D eigenvalue weighted by Gasteiger charge is -2.25. The maximum absolute atomic E-state index is 13.3. The lowest BCUT2D eigenvalue weighted by molar-refractivity contribution is -0.132. The average molecular weight is 536 g/mol. The van der Waals surface area contributed by atoms with Crippen molar-refractivity contribution < 1.29 is 34.1 Å². The quantitative estimate of drug-likeness (QED) is 0.174. The van der Waals surface area contributed by atoms with E-state index in [1.807, 2.05) is 0 Å². The Morgan fingerprint density at radius 1 is 1.00 bits per heavy atom. The zero-order valence-electron chi connectivity index (χ0n) is 21.0. The average Bonchev–Trinajstić information content (AvgIpc) is 3.15. The number of halogens is 1. The summed E-state index contributed by atoms with van der Waals surface area (Å²) in [6.45, 7) is 5.60. The summed E-state index contributed by atoms with van der Waals surface area (Å²) in [6.07, 6.45) is -0.300. The van der Waals surface area contributed by atoms with Gasteiger partial charge in [0.05, 0.1) is 34.9 Å². The fourth-order valence-corrected chi connectivity index (χ4v) is 4.36. The topological polar surface area (TPSA) is 113 Å². The highest BCUT2D eigenvalue weighted by atomic mass is 35.5. The summed E-state index contributed by atoms with van der Waals surface area (Å²) in [7, 11) is 0. The van der Waals surface area contributed by atoms with E-state index < -0.39 is 29.5 Å². The monoisotopic (exact) mass is 535 g/mol. The summed E-state index contributed by atoms with van der Waals surface area (Å²) in [5, 5.41) is 21.5. The van der Waals surface area contributed by atoms with Crippen LogP contribution in [0.1, 0.15) is 48.3 Å². The van der Waals surface area contributed by atoms with Crippen LogP contribution in [0.4, 0.5) is 5.69 Å². The maximum atomic E-state index is 13.3. The van der Waals surface area contributed by atoms with Gasteiger partial charge in [-0.25, -0.2) is 4.79 Å². The number of ether oxygens (including phenoxy) is 2. The molecule has 0 spiro atoms. The molecule has 4 rings (SSSR count). The van der Waals surface area contributed by atoms with Gasteiger partial charge in [-0.2, -0.15) is 0 Å². The number of phenolic OH excluding ortho intramolecular Hbond substituents is 1.